The Bertz CT molecular complexity index is 593. The topological polar surface area (TPSA) is 66.4 Å². The number of amides is 1. The van der Waals surface area contributed by atoms with Crippen LogP contribution in [0.15, 0.2) is 18.2 Å². The molecule has 126 valence electrons. The molecule has 1 fully saturated rings. The number of hydrogen-bond donors (Lipinski definition) is 2. The van der Waals surface area contributed by atoms with Crippen molar-refractivity contribution in [2.75, 3.05) is 6.54 Å². The van der Waals surface area contributed by atoms with E-state index in [1.54, 1.807) is 0 Å². The molecule has 1 aliphatic rings. The third-order valence-electron chi connectivity index (χ3n) is 5.35. The van der Waals surface area contributed by atoms with Gasteiger partial charge in [0.2, 0.25) is 5.91 Å². The van der Waals surface area contributed by atoms with Gasteiger partial charge < -0.3 is 10.4 Å². The summed E-state index contributed by atoms with van der Waals surface area (Å²) in [7, 11) is 0. The molecule has 0 radical (unpaired) electrons. The van der Waals surface area contributed by atoms with E-state index in [2.05, 4.69) is 23.5 Å². The molecule has 0 atom stereocenters. The van der Waals surface area contributed by atoms with Crippen molar-refractivity contribution < 1.29 is 14.7 Å². The summed E-state index contributed by atoms with van der Waals surface area (Å²) in [5.74, 6) is -0.867. The summed E-state index contributed by atoms with van der Waals surface area (Å²) in [6.45, 7) is 7.99. The van der Waals surface area contributed by atoms with Crippen molar-refractivity contribution in [1.82, 2.24) is 5.32 Å². The summed E-state index contributed by atoms with van der Waals surface area (Å²) in [6, 6.07) is 6.24. The first-order valence-electron chi connectivity index (χ1n) is 8.40. The van der Waals surface area contributed by atoms with E-state index >= 15 is 0 Å². The van der Waals surface area contributed by atoms with Crippen LogP contribution in [-0.2, 0) is 15.0 Å². The minimum Gasteiger partial charge on any atom is -0.481 e. The van der Waals surface area contributed by atoms with Crippen LogP contribution in [0.5, 0.6) is 0 Å². The molecule has 1 saturated carbocycles. The summed E-state index contributed by atoms with van der Waals surface area (Å²) in [5.41, 5.74) is 2.04. The van der Waals surface area contributed by atoms with Gasteiger partial charge in [-0.3, -0.25) is 9.59 Å². The molecule has 0 bridgehead atoms. The fraction of sp³-hybridized carbons (Fsp3) is 0.579. The van der Waals surface area contributed by atoms with Gasteiger partial charge in [-0.2, -0.15) is 0 Å². The molecule has 4 heteroatoms. The number of rotatable bonds is 7. The predicted molar refractivity (Wildman–Crippen MR) is 90.5 cm³/mol. The summed E-state index contributed by atoms with van der Waals surface area (Å²) in [5, 5.41) is 12.4. The van der Waals surface area contributed by atoms with E-state index in [0.717, 1.165) is 29.5 Å². The van der Waals surface area contributed by atoms with Crippen molar-refractivity contribution in [1.29, 1.82) is 0 Å². The van der Waals surface area contributed by atoms with Gasteiger partial charge in [-0.15, -0.1) is 0 Å². The van der Waals surface area contributed by atoms with Crippen LogP contribution in [0.3, 0.4) is 0 Å². The van der Waals surface area contributed by atoms with Gasteiger partial charge in [0.15, 0.2) is 0 Å². The predicted octanol–water partition coefficient (Wildman–Crippen LogP) is 3.34. The van der Waals surface area contributed by atoms with Gasteiger partial charge in [-0.25, -0.2) is 0 Å². The molecule has 4 nitrogen and oxygen atoms in total. The summed E-state index contributed by atoms with van der Waals surface area (Å²) >= 11 is 0. The van der Waals surface area contributed by atoms with Crippen LogP contribution in [0.2, 0.25) is 0 Å². The Hall–Kier alpha value is -1.84. The maximum atomic E-state index is 12.7. The minimum absolute atomic E-state index is 0.0324. The Morgan fingerprint density at radius 3 is 2.04 bits per heavy atom. The quantitative estimate of drug-likeness (QED) is 0.810. The molecule has 0 aromatic heterocycles. The fourth-order valence-corrected chi connectivity index (χ4v) is 3.32. The standard InChI is InChI=1S/C19H27NO3/c1-5-18(6-2,17(22)23)12-20-16(21)19(7-8-19)15-10-13(3)9-14(4)11-15/h9-11H,5-8,12H2,1-4H3,(H,20,21)(H,22,23). The van der Waals surface area contributed by atoms with Crippen molar-refractivity contribution in [3.8, 4) is 0 Å². The monoisotopic (exact) mass is 317 g/mol. The zero-order valence-electron chi connectivity index (χ0n) is 14.5. The van der Waals surface area contributed by atoms with Crippen molar-refractivity contribution in [3.63, 3.8) is 0 Å². The second-order valence-electron chi connectivity index (χ2n) is 6.93. The Labute approximate surface area is 138 Å². The van der Waals surface area contributed by atoms with E-state index in [4.69, 9.17) is 0 Å². The molecule has 2 N–H and O–H groups in total. The zero-order chi connectivity index (χ0) is 17.3. The highest BCUT2D eigenvalue weighted by molar-refractivity contribution is 5.91. The Balaban J connectivity index is 2.16. The maximum Gasteiger partial charge on any atom is 0.311 e. The highest BCUT2D eigenvalue weighted by atomic mass is 16.4. The Kier molecular flexibility index (Phi) is 4.83. The first-order valence-corrected chi connectivity index (χ1v) is 8.40. The van der Waals surface area contributed by atoms with E-state index in [9.17, 15) is 14.7 Å². The second kappa shape index (κ2) is 6.34. The van der Waals surface area contributed by atoms with Crippen molar-refractivity contribution in [2.24, 2.45) is 5.41 Å². The molecular weight excluding hydrogens is 290 g/mol. The zero-order valence-corrected chi connectivity index (χ0v) is 14.5. The minimum atomic E-state index is -0.867. The SMILES string of the molecule is CCC(CC)(CNC(=O)C1(c2cc(C)cc(C)c2)CC1)C(=O)O. The van der Waals surface area contributed by atoms with E-state index < -0.39 is 16.8 Å². The van der Waals surface area contributed by atoms with Crippen molar-refractivity contribution in [3.05, 3.63) is 34.9 Å². The van der Waals surface area contributed by atoms with Gasteiger partial charge in [0.1, 0.15) is 0 Å². The lowest BCUT2D eigenvalue weighted by atomic mass is 9.82. The number of carboxylic acids is 1. The molecule has 1 amide bonds. The van der Waals surface area contributed by atoms with Gasteiger partial charge in [-0.05, 0) is 45.1 Å². The van der Waals surface area contributed by atoms with Gasteiger partial charge in [-0.1, -0.05) is 43.2 Å². The van der Waals surface area contributed by atoms with Crippen LogP contribution in [0, 0.1) is 19.3 Å². The molecule has 1 aromatic rings. The normalized spacial score (nSPS) is 16.0. The van der Waals surface area contributed by atoms with Crippen LogP contribution < -0.4 is 5.32 Å². The van der Waals surface area contributed by atoms with E-state index in [0.29, 0.717) is 12.8 Å². The third kappa shape index (κ3) is 3.26. The first kappa shape index (κ1) is 17.5. The number of aryl methyl sites for hydroxylation is 2. The van der Waals surface area contributed by atoms with Crippen LogP contribution >= 0.6 is 0 Å². The van der Waals surface area contributed by atoms with Crippen molar-refractivity contribution >= 4 is 11.9 Å². The summed E-state index contributed by atoms with van der Waals surface area (Å²) in [6.07, 6.45) is 2.69. The maximum absolute atomic E-state index is 12.7. The molecule has 0 heterocycles. The number of carboxylic acid groups (broad SMARTS) is 1. The number of aliphatic carboxylic acids is 1. The van der Waals surface area contributed by atoms with Crippen LogP contribution in [0.25, 0.3) is 0 Å². The molecule has 0 aliphatic heterocycles. The molecule has 1 aromatic carbocycles. The third-order valence-corrected chi connectivity index (χ3v) is 5.35. The number of carbonyl (C=O) groups is 2. The van der Waals surface area contributed by atoms with Gasteiger partial charge in [0, 0.05) is 6.54 Å². The van der Waals surface area contributed by atoms with Crippen LogP contribution in [0.1, 0.15) is 56.2 Å². The van der Waals surface area contributed by atoms with E-state index in [1.165, 1.54) is 0 Å². The average molecular weight is 317 g/mol. The lowest BCUT2D eigenvalue weighted by Crippen LogP contribution is -2.45. The largest absolute Gasteiger partial charge is 0.481 e. The van der Waals surface area contributed by atoms with Crippen LogP contribution in [0.4, 0.5) is 0 Å². The Morgan fingerprint density at radius 1 is 1.13 bits per heavy atom. The molecule has 2 rings (SSSR count). The van der Waals surface area contributed by atoms with Gasteiger partial charge >= 0.3 is 5.97 Å². The lowest BCUT2D eigenvalue weighted by Gasteiger charge is -2.28. The molecule has 1 aliphatic carbocycles. The summed E-state index contributed by atoms with van der Waals surface area (Å²) < 4.78 is 0. The lowest BCUT2D eigenvalue weighted by molar-refractivity contribution is -0.149. The molecule has 0 spiro atoms. The van der Waals surface area contributed by atoms with Crippen molar-refractivity contribution in [2.45, 2.75) is 58.8 Å². The molecular formula is C19H27NO3. The number of nitrogens with one attached hydrogen (secondary N) is 1. The fourth-order valence-electron chi connectivity index (χ4n) is 3.32. The highest BCUT2D eigenvalue weighted by Crippen LogP contribution is 2.49. The Morgan fingerprint density at radius 2 is 1.65 bits per heavy atom. The molecule has 0 saturated heterocycles. The number of carbonyl (C=O) groups excluding carboxylic acids is 1. The van der Waals surface area contributed by atoms with Gasteiger partial charge in [0.05, 0.1) is 10.8 Å². The second-order valence-corrected chi connectivity index (χ2v) is 6.93. The first-order chi connectivity index (χ1) is 10.8. The molecule has 0 unspecified atom stereocenters. The van der Waals surface area contributed by atoms with Gasteiger partial charge in [0.25, 0.3) is 0 Å². The van der Waals surface area contributed by atoms with E-state index in [-0.39, 0.29) is 12.5 Å². The highest BCUT2D eigenvalue weighted by Gasteiger charge is 2.52. The molecule has 23 heavy (non-hydrogen) atoms. The van der Waals surface area contributed by atoms with Crippen LogP contribution in [-0.4, -0.2) is 23.5 Å². The number of benzene rings is 1. The summed E-state index contributed by atoms with van der Waals surface area (Å²) in [4.78, 5) is 24.3. The number of hydrogen-bond acceptors (Lipinski definition) is 2. The smallest absolute Gasteiger partial charge is 0.311 e. The average Bonchev–Trinajstić information content (AvgIpc) is 3.29. The van der Waals surface area contributed by atoms with E-state index in [1.807, 2.05) is 27.7 Å².